The van der Waals surface area contributed by atoms with E-state index in [1.54, 1.807) is 12.0 Å². The van der Waals surface area contributed by atoms with Gasteiger partial charge < -0.3 is 15.0 Å². The zero-order valence-electron chi connectivity index (χ0n) is 11.5. The molecule has 5 heteroatoms. The van der Waals surface area contributed by atoms with Gasteiger partial charge in [0.15, 0.2) is 0 Å². The van der Waals surface area contributed by atoms with Crippen molar-refractivity contribution >= 4 is 17.5 Å². The Balaban J connectivity index is 1.70. The molecular formula is C15H18N2O3. The summed E-state index contributed by atoms with van der Waals surface area (Å²) in [7, 11) is 1.59. The summed E-state index contributed by atoms with van der Waals surface area (Å²) in [5.41, 5.74) is 0.788. The Morgan fingerprint density at radius 2 is 2.20 bits per heavy atom. The number of hydrogen-bond donors (Lipinski definition) is 1. The second-order valence-electron chi connectivity index (χ2n) is 5.39. The van der Waals surface area contributed by atoms with Crippen molar-refractivity contribution in [3.05, 3.63) is 24.3 Å². The quantitative estimate of drug-likeness (QED) is 0.901. The van der Waals surface area contributed by atoms with Crippen LogP contribution in [0.1, 0.15) is 19.3 Å². The number of methoxy groups -OCH3 is 1. The van der Waals surface area contributed by atoms with Gasteiger partial charge in [-0.1, -0.05) is 6.07 Å². The molecule has 0 aromatic heterocycles. The van der Waals surface area contributed by atoms with Crippen LogP contribution >= 0.6 is 0 Å². The van der Waals surface area contributed by atoms with Crippen molar-refractivity contribution in [3.8, 4) is 5.75 Å². The lowest BCUT2D eigenvalue weighted by Crippen LogP contribution is -2.34. The SMILES string of the molecule is COc1cccc(N2C[C@@H](C(=O)NC3CC3)CC2=O)c1. The van der Waals surface area contributed by atoms with E-state index in [2.05, 4.69) is 5.32 Å². The van der Waals surface area contributed by atoms with Gasteiger partial charge in [0.1, 0.15) is 5.75 Å². The molecule has 5 nitrogen and oxygen atoms in total. The Bertz CT molecular complexity index is 540. The number of ether oxygens (including phenoxy) is 1. The lowest BCUT2D eigenvalue weighted by atomic mass is 10.1. The number of rotatable bonds is 4. The Labute approximate surface area is 117 Å². The molecule has 2 aliphatic rings. The minimum absolute atomic E-state index is 0.00537. The minimum Gasteiger partial charge on any atom is -0.497 e. The van der Waals surface area contributed by atoms with E-state index in [9.17, 15) is 9.59 Å². The fraction of sp³-hybridized carbons (Fsp3) is 0.467. The summed E-state index contributed by atoms with van der Waals surface area (Å²) in [5, 5.41) is 2.97. The number of amides is 2. The van der Waals surface area contributed by atoms with Gasteiger partial charge in [-0.3, -0.25) is 9.59 Å². The van der Waals surface area contributed by atoms with Crippen LogP contribution < -0.4 is 15.0 Å². The average Bonchev–Trinajstić information content (AvgIpc) is 3.18. The molecule has 3 rings (SSSR count). The van der Waals surface area contributed by atoms with Gasteiger partial charge in [-0.15, -0.1) is 0 Å². The monoisotopic (exact) mass is 274 g/mol. The van der Waals surface area contributed by atoms with Gasteiger partial charge in [0.25, 0.3) is 0 Å². The number of carbonyl (C=O) groups excluding carboxylic acids is 2. The zero-order valence-corrected chi connectivity index (χ0v) is 11.5. The van der Waals surface area contributed by atoms with Crippen LogP contribution in [0.5, 0.6) is 5.75 Å². The summed E-state index contributed by atoms with van der Waals surface area (Å²) in [4.78, 5) is 25.8. The van der Waals surface area contributed by atoms with E-state index in [1.807, 2.05) is 24.3 Å². The van der Waals surface area contributed by atoms with Crippen LogP contribution in [0.2, 0.25) is 0 Å². The minimum atomic E-state index is -0.241. The Hall–Kier alpha value is -2.04. The Morgan fingerprint density at radius 3 is 2.90 bits per heavy atom. The molecule has 106 valence electrons. The standard InChI is InChI=1S/C15H18N2O3/c1-20-13-4-2-3-12(8-13)17-9-10(7-14(17)18)15(19)16-11-5-6-11/h2-4,8,10-11H,5-7,9H2,1H3,(H,16,19)/t10-/m0/s1. The summed E-state index contributed by atoms with van der Waals surface area (Å²) in [6, 6.07) is 7.70. The molecule has 1 heterocycles. The van der Waals surface area contributed by atoms with Crippen molar-refractivity contribution in [2.45, 2.75) is 25.3 Å². The summed E-state index contributed by atoms with van der Waals surface area (Å²) in [6.45, 7) is 0.449. The second-order valence-corrected chi connectivity index (χ2v) is 5.39. The van der Waals surface area contributed by atoms with Crippen molar-refractivity contribution in [1.29, 1.82) is 0 Å². The van der Waals surface area contributed by atoms with Crippen molar-refractivity contribution in [1.82, 2.24) is 5.32 Å². The maximum absolute atomic E-state index is 12.1. The molecule has 1 aromatic rings. The van der Waals surface area contributed by atoms with Crippen LogP contribution in [-0.4, -0.2) is 31.5 Å². The lowest BCUT2D eigenvalue weighted by Gasteiger charge is -2.17. The van der Waals surface area contributed by atoms with E-state index >= 15 is 0 Å². The highest BCUT2D eigenvalue weighted by atomic mass is 16.5. The van der Waals surface area contributed by atoms with E-state index in [-0.39, 0.29) is 24.2 Å². The van der Waals surface area contributed by atoms with Crippen molar-refractivity contribution < 1.29 is 14.3 Å². The van der Waals surface area contributed by atoms with Crippen LogP contribution in [-0.2, 0) is 9.59 Å². The molecule has 0 spiro atoms. The molecule has 1 saturated heterocycles. The van der Waals surface area contributed by atoms with E-state index < -0.39 is 0 Å². The summed E-state index contributed by atoms with van der Waals surface area (Å²) in [5.74, 6) is 0.468. The molecule has 2 fully saturated rings. The summed E-state index contributed by atoms with van der Waals surface area (Å²) in [6.07, 6.45) is 2.41. The fourth-order valence-corrected chi connectivity index (χ4v) is 2.46. The normalized spacial score (nSPS) is 21.9. The third-order valence-electron chi connectivity index (χ3n) is 3.78. The predicted octanol–water partition coefficient (Wildman–Crippen LogP) is 1.33. The van der Waals surface area contributed by atoms with Gasteiger partial charge in [0.2, 0.25) is 11.8 Å². The third-order valence-corrected chi connectivity index (χ3v) is 3.78. The molecule has 20 heavy (non-hydrogen) atoms. The first-order valence-corrected chi connectivity index (χ1v) is 6.92. The first-order chi connectivity index (χ1) is 9.67. The molecule has 0 unspecified atom stereocenters. The molecule has 1 aromatic carbocycles. The zero-order chi connectivity index (χ0) is 14.1. The smallest absolute Gasteiger partial charge is 0.227 e. The first kappa shape index (κ1) is 13.0. The average molecular weight is 274 g/mol. The first-order valence-electron chi connectivity index (χ1n) is 6.92. The van der Waals surface area contributed by atoms with Gasteiger partial charge in [-0.25, -0.2) is 0 Å². The maximum Gasteiger partial charge on any atom is 0.227 e. The van der Waals surface area contributed by atoms with Gasteiger partial charge in [0.05, 0.1) is 13.0 Å². The Morgan fingerprint density at radius 1 is 1.40 bits per heavy atom. The molecule has 1 atom stereocenters. The van der Waals surface area contributed by atoms with Crippen molar-refractivity contribution in [2.24, 2.45) is 5.92 Å². The van der Waals surface area contributed by atoms with Gasteiger partial charge >= 0.3 is 0 Å². The molecule has 1 N–H and O–H groups in total. The molecule has 2 amide bonds. The van der Waals surface area contributed by atoms with Crippen LogP contribution in [0.25, 0.3) is 0 Å². The number of hydrogen-bond acceptors (Lipinski definition) is 3. The number of carbonyl (C=O) groups is 2. The largest absolute Gasteiger partial charge is 0.497 e. The fourth-order valence-electron chi connectivity index (χ4n) is 2.46. The number of anilines is 1. The lowest BCUT2D eigenvalue weighted by molar-refractivity contribution is -0.126. The predicted molar refractivity (Wildman–Crippen MR) is 74.6 cm³/mol. The van der Waals surface area contributed by atoms with Crippen molar-refractivity contribution in [3.63, 3.8) is 0 Å². The third kappa shape index (κ3) is 2.61. The number of nitrogens with zero attached hydrogens (tertiary/aromatic N) is 1. The van der Waals surface area contributed by atoms with Crippen LogP contribution in [0, 0.1) is 5.92 Å². The van der Waals surface area contributed by atoms with Gasteiger partial charge in [-0.2, -0.15) is 0 Å². The maximum atomic E-state index is 12.1. The Kier molecular flexibility index (Phi) is 3.34. The summed E-state index contributed by atoms with van der Waals surface area (Å²) >= 11 is 0. The molecule has 0 bridgehead atoms. The highest BCUT2D eigenvalue weighted by Gasteiger charge is 2.37. The van der Waals surface area contributed by atoms with Crippen LogP contribution in [0.15, 0.2) is 24.3 Å². The molecule has 1 aliphatic carbocycles. The van der Waals surface area contributed by atoms with Gasteiger partial charge in [-0.05, 0) is 25.0 Å². The van der Waals surface area contributed by atoms with E-state index in [1.165, 1.54) is 0 Å². The number of nitrogens with one attached hydrogen (secondary N) is 1. The highest BCUT2D eigenvalue weighted by Crippen LogP contribution is 2.28. The van der Waals surface area contributed by atoms with Crippen LogP contribution in [0.3, 0.4) is 0 Å². The van der Waals surface area contributed by atoms with E-state index in [4.69, 9.17) is 4.74 Å². The number of benzene rings is 1. The van der Waals surface area contributed by atoms with Crippen molar-refractivity contribution in [2.75, 3.05) is 18.6 Å². The second kappa shape index (κ2) is 5.15. The van der Waals surface area contributed by atoms with Crippen LogP contribution in [0.4, 0.5) is 5.69 Å². The molecule has 1 saturated carbocycles. The topological polar surface area (TPSA) is 58.6 Å². The van der Waals surface area contributed by atoms with E-state index in [0.717, 1.165) is 18.5 Å². The summed E-state index contributed by atoms with van der Waals surface area (Å²) < 4.78 is 5.17. The molecular weight excluding hydrogens is 256 g/mol. The molecule has 1 aliphatic heterocycles. The van der Waals surface area contributed by atoms with E-state index in [0.29, 0.717) is 18.3 Å². The van der Waals surface area contributed by atoms with Gasteiger partial charge in [0, 0.05) is 30.8 Å². The highest BCUT2D eigenvalue weighted by molar-refractivity contribution is 6.00. The molecule has 0 radical (unpaired) electrons.